The summed E-state index contributed by atoms with van der Waals surface area (Å²) in [5, 5.41) is 14.5. The Balaban J connectivity index is 2.10. The second kappa shape index (κ2) is 8.51. The molecule has 154 valence electrons. The van der Waals surface area contributed by atoms with Crippen molar-refractivity contribution in [2.45, 2.75) is 57.2 Å². The number of aliphatic carboxylic acids is 1. The number of carbonyl (C=O) groups excluding carboxylic acids is 1. The van der Waals surface area contributed by atoms with Gasteiger partial charge >= 0.3 is 11.9 Å². The number of carbonyl (C=O) groups is 2. The molecule has 6 heteroatoms. The molecule has 1 aromatic carbocycles. The first-order valence-electron chi connectivity index (χ1n) is 9.74. The quantitative estimate of drug-likeness (QED) is 0.435. The summed E-state index contributed by atoms with van der Waals surface area (Å²) in [5.74, 6) is -1.84. The Labute approximate surface area is 175 Å². The van der Waals surface area contributed by atoms with E-state index in [1.807, 2.05) is 35.7 Å². The van der Waals surface area contributed by atoms with E-state index < -0.39 is 17.5 Å². The normalized spacial score (nSPS) is 22.1. The van der Waals surface area contributed by atoms with Gasteiger partial charge in [-0.05, 0) is 50.6 Å². The monoisotopic (exact) mass is 413 g/mol. The number of hydrogen-bond donors (Lipinski definition) is 2. The van der Waals surface area contributed by atoms with E-state index in [1.165, 1.54) is 0 Å². The van der Waals surface area contributed by atoms with Crippen molar-refractivity contribution in [1.82, 2.24) is 5.32 Å². The minimum atomic E-state index is -1.18. The Morgan fingerprint density at radius 3 is 2.62 bits per heavy atom. The van der Waals surface area contributed by atoms with Crippen molar-refractivity contribution in [3.05, 3.63) is 69.9 Å². The maximum absolute atomic E-state index is 12.6. The van der Waals surface area contributed by atoms with E-state index in [0.29, 0.717) is 6.42 Å². The van der Waals surface area contributed by atoms with E-state index in [2.05, 4.69) is 32.2 Å². The molecule has 1 aromatic heterocycles. The summed E-state index contributed by atoms with van der Waals surface area (Å²) >= 11 is 1.54. The second-order valence-electron chi connectivity index (χ2n) is 8.39. The number of ether oxygens (including phenoxy) is 1. The molecule has 3 rings (SSSR count). The Morgan fingerprint density at radius 2 is 1.97 bits per heavy atom. The number of thiophene rings is 1. The molecule has 0 bridgehead atoms. The number of aryl methyl sites for hydroxylation is 1. The molecule has 1 heterocycles. The topological polar surface area (TPSA) is 75.6 Å². The lowest BCUT2D eigenvalue weighted by Crippen LogP contribution is -2.47. The molecule has 0 aliphatic heterocycles. The van der Waals surface area contributed by atoms with Crippen LogP contribution < -0.4 is 5.32 Å². The van der Waals surface area contributed by atoms with Crippen LogP contribution in [0, 0.1) is 0 Å². The molecule has 1 aliphatic rings. The van der Waals surface area contributed by atoms with Crippen LogP contribution in [0.5, 0.6) is 0 Å². The number of nitrogens with one attached hydrogen (secondary N) is 1. The van der Waals surface area contributed by atoms with Crippen molar-refractivity contribution in [1.29, 1.82) is 0 Å². The van der Waals surface area contributed by atoms with E-state index in [-0.39, 0.29) is 11.6 Å². The molecule has 0 fully saturated rings. The average molecular weight is 414 g/mol. The number of fused-ring (bicyclic) bond motifs is 1. The molecule has 0 radical (unpaired) electrons. The van der Waals surface area contributed by atoms with Crippen LogP contribution in [-0.4, -0.2) is 28.6 Å². The van der Waals surface area contributed by atoms with Crippen LogP contribution in [0.25, 0.3) is 0 Å². The largest absolute Gasteiger partial charge is 0.478 e. The fourth-order valence-electron chi connectivity index (χ4n) is 3.99. The highest BCUT2D eigenvalue weighted by molar-refractivity contribution is 7.10. The van der Waals surface area contributed by atoms with Crippen LogP contribution in [0.15, 0.2) is 53.9 Å². The molecule has 0 unspecified atom stereocenters. The summed E-state index contributed by atoms with van der Waals surface area (Å²) in [6.45, 7) is 6.37. The molecule has 0 amide bonds. The third-order valence-corrected chi connectivity index (χ3v) is 5.95. The average Bonchev–Trinajstić information content (AvgIpc) is 3.13. The van der Waals surface area contributed by atoms with Gasteiger partial charge in [0.15, 0.2) is 5.60 Å². The van der Waals surface area contributed by atoms with Gasteiger partial charge < -0.3 is 15.2 Å². The summed E-state index contributed by atoms with van der Waals surface area (Å²) in [7, 11) is 0. The van der Waals surface area contributed by atoms with Gasteiger partial charge in [-0.2, -0.15) is 0 Å². The van der Waals surface area contributed by atoms with Gasteiger partial charge in [-0.1, -0.05) is 30.3 Å². The first kappa shape index (κ1) is 21.3. The number of carboxylic acid groups (broad SMARTS) is 1. The van der Waals surface area contributed by atoms with Gasteiger partial charge in [0.05, 0.1) is 4.88 Å². The first-order valence-corrected chi connectivity index (χ1v) is 10.6. The van der Waals surface area contributed by atoms with Crippen molar-refractivity contribution in [3.8, 4) is 0 Å². The predicted molar refractivity (Wildman–Crippen MR) is 114 cm³/mol. The lowest BCUT2D eigenvalue weighted by Gasteiger charge is -2.37. The smallest absolute Gasteiger partial charge is 0.332 e. The maximum atomic E-state index is 12.6. The molecule has 2 N–H and O–H groups in total. The van der Waals surface area contributed by atoms with E-state index in [9.17, 15) is 9.59 Å². The van der Waals surface area contributed by atoms with E-state index in [1.54, 1.807) is 11.3 Å². The van der Waals surface area contributed by atoms with Gasteiger partial charge in [-0.15, -0.1) is 11.3 Å². The minimum Gasteiger partial charge on any atom is -0.478 e. The molecule has 2 aromatic rings. The third kappa shape index (κ3) is 5.14. The number of hydrogen-bond acceptors (Lipinski definition) is 5. The third-order valence-electron chi connectivity index (χ3n) is 4.94. The lowest BCUT2D eigenvalue weighted by atomic mass is 9.84. The molecule has 0 saturated heterocycles. The standard InChI is InChI=1S/C23H27NO4S/c1-22(2,3)24-17-11-10-16-7-4-5-8-18(16)23(15-17,19-9-6-14-29-19)28-21(27)13-12-20(25)26/h4-9,12-14,17,24H,10-11,15H2,1-3H3,(H,25,26)/t17-,23+/m0/s1. The van der Waals surface area contributed by atoms with Gasteiger partial charge in [-0.3, -0.25) is 0 Å². The molecule has 1 aliphatic carbocycles. The summed E-state index contributed by atoms with van der Waals surface area (Å²) in [6.07, 6.45) is 4.17. The fraction of sp³-hybridized carbons (Fsp3) is 0.391. The maximum Gasteiger partial charge on any atom is 0.332 e. The Bertz CT molecular complexity index is 898. The summed E-state index contributed by atoms with van der Waals surface area (Å²) in [6, 6.07) is 12.1. The zero-order valence-electron chi connectivity index (χ0n) is 17.0. The Kier molecular flexibility index (Phi) is 6.24. The van der Waals surface area contributed by atoms with Crippen molar-refractivity contribution in [3.63, 3.8) is 0 Å². The molecule has 0 saturated carbocycles. The highest BCUT2D eigenvalue weighted by Crippen LogP contribution is 2.45. The van der Waals surface area contributed by atoms with Gasteiger partial charge in [-0.25, -0.2) is 9.59 Å². The van der Waals surface area contributed by atoms with E-state index >= 15 is 0 Å². The van der Waals surface area contributed by atoms with Crippen LogP contribution in [0.1, 0.15) is 49.6 Å². The fourth-order valence-corrected chi connectivity index (χ4v) is 4.88. The number of carboxylic acids is 1. The minimum absolute atomic E-state index is 0.0877. The van der Waals surface area contributed by atoms with Crippen molar-refractivity contribution in [2.75, 3.05) is 0 Å². The van der Waals surface area contributed by atoms with Crippen molar-refractivity contribution < 1.29 is 19.4 Å². The van der Waals surface area contributed by atoms with Gasteiger partial charge in [0.1, 0.15) is 0 Å². The van der Waals surface area contributed by atoms with Crippen LogP contribution >= 0.6 is 11.3 Å². The number of esters is 1. The van der Waals surface area contributed by atoms with Crippen molar-refractivity contribution >= 4 is 23.3 Å². The highest BCUT2D eigenvalue weighted by Gasteiger charge is 2.44. The first-order chi connectivity index (χ1) is 13.7. The lowest BCUT2D eigenvalue weighted by molar-refractivity contribution is -0.151. The summed E-state index contributed by atoms with van der Waals surface area (Å²) < 4.78 is 6.11. The van der Waals surface area contributed by atoms with E-state index in [0.717, 1.165) is 41.0 Å². The van der Waals surface area contributed by atoms with Crippen LogP contribution in [-0.2, 0) is 26.3 Å². The van der Waals surface area contributed by atoms with E-state index in [4.69, 9.17) is 9.84 Å². The summed E-state index contributed by atoms with van der Waals surface area (Å²) in [4.78, 5) is 24.4. The molecule has 5 nitrogen and oxygen atoms in total. The molecule has 0 spiro atoms. The SMILES string of the molecule is CC(C)(C)N[C@H]1CCc2ccccc2[C@@](OC(=O)C=CC(=O)O)(c2cccs2)C1. The molecular formula is C23H27NO4S. The zero-order chi connectivity index (χ0) is 21.1. The van der Waals surface area contributed by atoms with Crippen LogP contribution in [0.3, 0.4) is 0 Å². The predicted octanol–water partition coefficient (Wildman–Crippen LogP) is 4.27. The highest BCUT2D eigenvalue weighted by atomic mass is 32.1. The molecular weight excluding hydrogens is 386 g/mol. The second-order valence-corrected chi connectivity index (χ2v) is 9.34. The molecule has 29 heavy (non-hydrogen) atoms. The van der Waals surface area contributed by atoms with Gasteiger partial charge in [0.25, 0.3) is 0 Å². The van der Waals surface area contributed by atoms with Gasteiger partial charge in [0.2, 0.25) is 0 Å². The summed E-state index contributed by atoms with van der Waals surface area (Å²) in [5.41, 5.74) is 1.06. The van der Waals surface area contributed by atoms with Gasteiger partial charge in [0, 0.05) is 35.7 Å². The molecule has 2 atom stereocenters. The van der Waals surface area contributed by atoms with Crippen LogP contribution in [0.4, 0.5) is 0 Å². The van der Waals surface area contributed by atoms with Crippen molar-refractivity contribution in [2.24, 2.45) is 0 Å². The van der Waals surface area contributed by atoms with Crippen LogP contribution in [0.2, 0.25) is 0 Å². The number of rotatable bonds is 5. The number of benzene rings is 1. The zero-order valence-corrected chi connectivity index (χ0v) is 17.8. The Hall–Kier alpha value is -2.44. The Morgan fingerprint density at radius 1 is 1.21 bits per heavy atom.